The van der Waals surface area contributed by atoms with Crippen LogP contribution in [0.3, 0.4) is 0 Å². The summed E-state index contributed by atoms with van der Waals surface area (Å²) in [4.78, 5) is 26.7. The zero-order valence-electron chi connectivity index (χ0n) is 10.7. The standard InChI is InChI=1S/C12H20N2O3S/c1-18-9-4-7-13(8-5-9)12(17)14-6-2-3-10(14)11(15)16/h9-10H,2-8H2,1H3,(H,15,16)/t10-/m1/s1. The first-order valence-electron chi connectivity index (χ1n) is 6.44. The number of rotatable bonds is 2. The van der Waals surface area contributed by atoms with Crippen LogP contribution in [0.2, 0.25) is 0 Å². The molecule has 2 rings (SSSR count). The molecule has 2 aliphatic heterocycles. The molecule has 1 atom stereocenters. The summed E-state index contributed by atoms with van der Waals surface area (Å²) in [5.74, 6) is -0.875. The number of thioether (sulfide) groups is 1. The van der Waals surface area contributed by atoms with Crippen LogP contribution < -0.4 is 0 Å². The van der Waals surface area contributed by atoms with Crippen molar-refractivity contribution in [3.63, 3.8) is 0 Å². The number of carboxylic acids is 1. The van der Waals surface area contributed by atoms with Gasteiger partial charge in [0.15, 0.2) is 0 Å². The topological polar surface area (TPSA) is 60.9 Å². The minimum atomic E-state index is -0.875. The Balaban J connectivity index is 1.93. The van der Waals surface area contributed by atoms with Crippen LogP contribution in [-0.2, 0) is 4.79 Å². The van der Waals surface area contributed by atoms with Crippen LogP contribution >= 0.6 is 11.8 Å². The van der Waals surface area contributed by atoms with Gasteiger partial charge >= 0.3 is 12.0 Å². The van der Waals surface area contributed by atoms with Gasteiger partial charge < -0.3 is 14.9 Å². The van der Waals surface area contributed by atoms with Crippen molar-refractivity contribution in [1.29, 1.82) is 0 Å². The molecule has 0 bridgehead atoms. The predicted molar refractivity (Wildman–Crippen MR) is 70.9 cm³/mol. The maximum atomic E-state index is 12.3. The van der Waals surface area contributed by atoms with Gasteiger partial charge in [-0.2, -0.15) is 11.8 Å². The van der Waals surface area contributed by atoms with Gasteiger partial charge in [-0.1, -0.05) is 0 Å². The van der Waals surface area contributed by atoms with Crippen molar-refractivity contribution in [1.82, 2.24) is 9.80 Å². The summed E-state index contributed by atoms with van der Waals surface area (Å²) in [6, 6.07) is -0.699. The van der Waals surface area contributed by atoms with Crippen molar-refractivity contribution in [3.8, 4) is 0 Å². The lowest BCUT2D eigenvalue weighted by atomic mass is 10.1. The molecule has 0 aromatic heterocycles. The summed E-state index contributed by atoms with van der Waals surface area (Å²) in [7, 11) is 0. The second-order valence-electron chi connectivity index (χ2n) is 4.89. The van der Waals surface area contributed by atoms with E-state index in [0.717, 1.165) is 32.4 Å². The Labute approximate surface area is 112 Å². The average molecular weight is 272 g/mol. The van der Waals surface area contributed by atoms with E-state index in [0.29, 0.717) is 18.2 Å². The van der Waals surface area contributed by atoms with E-state index in [1.807, 2.05) is 16.7 Å². The summed E-state index contributed by atoms with van der Waals surface area (Å²) in [6.45, 7) is 2.10. The molecule has 5 nitrogen and oxygen atoms in total. The van der Waals surface area contributed by atoms with Gasteiger partial charge in [0, 0.05) is 24.9 Å². The number of urea groups is 1. The van der Waals surface area contributed by atoms with Crippen molar-refractivity contribution in [2.24, 2.45) is 0 Å². The molecule has 18 heavy (non-hydrogen) atoms. The van der Waals surface area contributed by atoms with E-state index in [1.54, 1.807) is 0 Å². The van der Waals surface area contributed by atoms with Crippen LogP contribution in [0.4, 0.5) is 4.79 Å². The molecule has 0 radical (unpaired) electrons. The first-order chi connectivity index (χ1) is 8.63. The van der Waals surface area contributed by atoms with E-state index < -0.39 is 12.0 Å². The van der Waals surface area contributed by atoms with E-state index in [1.165, 1.54) is 4.90 Å². The zero-order chi connectivity index (χ0) is 13.1. The predicted octanol–water partition coefficient (Wildman–Crippen LogP) is 1.48. The number of carbonyl (C=O) groups is 2. The second-order valence-corrected chi connectivity index (χ2v) is 6.03. The molecule has 6 heteroatoms. The van der Waals surface area contributed by atoms with Crippen LogP contribution in [0.25, 0.3) is 0 Å². The minimum Gasteiger partial charge on any atom is -0.480 e. The maximum absolute atomic E-state index is 12.3. The van der Waals surface area contributed by atoms with E-state index in [9.17, 15) is 9.59 Å². The maximum Gasteiger partial charge on any atom is 0.326 e. The number of likely N-dealkylation sites (tertiary alicyclic amines) is 2. The van der Waals surface area contributed by atoms with E-state index in [-0.39, 0.29) is 6.03 Å². The third-order valence-electron chi connectivity index (χ3n) is 3.83. The van der Waals surface area contributed by atoms with Crippen molar-refractivity contribution in [3.05, 3.63) is 0 Å². The molecule has 2 fully saturated rings. The molecule has 0 unspecified atom stereocenters. The molecule has 0 aliphatic carbocycles. The van der Waals surface area contributed by atoms with E-state index >= 15 is 0 Å². The Morgan fingerprint density at radius 1 is 1.17 bits per heavy atom. The Hall–Kier alpha value is -0.910. The molecule has 2 saturated heterocycles. The molecule has 0 aromatic rings. The molecule has 0 spiro atoms. The highest BCUT2D eigenvalue weighted by molar-refractivity contribution is 7.99. The van der Waals surface area contributed by atoms with Crippen LogP contribution in [0.1, 0.15) is 25.7 Å². The number of hydrogen-bond acceptors (Lipinski definition) is 3. The molecule has 0 saturated carbocycles. The number of aliphatic carboxylic acids is 1. The first kappa shape index (κ1) is 13.5. The highest BCUT2D eigenvalue weighted by Gasteiger charge is 2.36. The Kier molecular flexibility index (Phi) is 4.37. The second kappa shape index (κ2) is 5.82. The van der Waals surface area contributed by atoms with Gasteiger partial charge in [0.2, 0.25) is 0 Å². The fraction of sp³-hybridized carbons (Fsp3) is 0.833. The highest BCUT2D eigenvalue weighted by atomic mass is 32.2. The first-order valence-corrected chi connectivity index (χ1v) is 7.73. The molecule has 102 valence electrons. The summed E-state index contributed by atoms with van der Waals surface area (Å²) in [5, 5.41) is 9.74. The van der Waals surface area contributed by atoms with Gasteiger partial charge in [-0.3, -0.25) is 0 Å². The fourth-order valence-corrected chi connectivity index (χ4v) is 3.40. The molecule has 2 amide bonds. The minimum absolute atomic E-state index is 0.0838. The molecule has 2 aliphatic rings. The Bertz CT molecular complexity index is 329. The number of piperidine rings is 1. The zero-order valence-corrected chi connectivity index (χ0v) is 11.5. The normalized spacial score (nSPS) is 25.5. The van der Waals surface area contributed by atoms with Gasteiger partial charge in [-0.25, -0.2) is 9.59 Å². The quantitative estimate of drug-likeness (QED) is 0.827. The van der Waals surface area contributed by atoms with Crippen molar-refractivity contribution < 1.29 is 14.7 Å². The third-order valence-corrected chi connectivity index (χ3v) is 4.97. The van der Waals surface area contributed by atoms with Crippen molar-refractivity contribution in [2.45, 2.75) is 37.0 Å². The van der Waals surface area contributed by atoms with E-state index in [2.05, 4.69) is 6.26 Å². The SMILES string of the molecule is CSC1CCN(C(=O)N2CCC[C@@H]2C(=O)O)CC1. The monoisotopic (exact) mass is 272 g/mol. The lowest BCUT2D eigenvalue weighted by Gasteiger charge is -2.35. The molecule has 1 N–H and O–H groups in total. The lowest BCUT2D eigenvalue weighted by Crippen LogP contribution is -2.50. The largest absolute Gasteiger partial charge is 0.480 e. The van der Waals surface area contributed by atoms with Crippen LogP contribution in [-0.4, -0.2) is 64.1 Å². The van der Waals surface area contributed by atoms with Gasteiger partial charge in [0.05, 0.1) is 0 Å². The summed E-state index contributed by atoms with van der Waals surface area (Å²) in [6.07, 6.45) is 5.51. The van der Waals surface area contributed by atoms with E-state index in [4.69, 9.17) is 5.11 Å². The van der Waals surface area contributed by atoms with Gasteiger partial charge in [0.25, 0.3) is 0 Å². The number of carboxylic acid groups (broad SMARTS) is 1. The Morgan fingerprint density at radius 2 is 1.83 bits per heavy atom. The number of amides is 2. The number of hydrogen-bond donors (Lipinski definition) is 1. The third kappa shape index (κ3) is 2.74. The van der Waals surface area contributed by atoms with Crippen LogP contribution in [0, 0.1) is 0 Å². The van der Waals surface area contributed by atoms with Crippen molar-refractivity contribution >= 4 is 23.8 Å². The van der Waals surface area contributed by atoms with Crippen molar-refractivity contribution in [2.75, 3.05) is 25.9 Å². The molecule has 0 aromatic carbocycles. The Morgan fingerprint density at radius 3 is 2.39 bits per heavy atom. The number of nitrogens with zero attached hydrogens (tertiary/aromatic N) is 2. The summed E-state index contributed by atoms with van der Waals surface area (Å²) in [5.41, 5.74) is 0. The van der Waals surface area contributed by atoms with Gasteiger partial charge in [-0.05, 0) is 31.9 Å². The summed E-state index contributed by atoms with van der Waals surface area (Å²) < 4.78 is 0. The van der Waals surface area contributed by atoms with Crippen LogP contribution in [0.5, 0.6) is 0 Å². The molecular weight excluding hydrogens is 252 g/mol. The fourth-order valence-electron chi connectivity index (χ4n) is 2.72. The molecule has 2 heterocycles. The molecular formula is C12H20N2O3S. The summed E-state index contributed by atoms with van der Waals surface area (Å²) >= 11 is 1.85. The van der Waals surface area contributed by atoms with Gasteiger partial charge in [0.1, 0.15) is 6.04 Å². The number of carbonyl (C=O) groups excluding carboxylic acids is 1. The highest BCUT2D eigenvalue weighted by Crippen LogP contribution is 2.24. The average Bonchev–Trinajstić information content (AvgIpc) is 2.87. The lowest BCUT2D eigenvalue weighted by molar-refractivity contribution is -0.141. The van der Waals surface area contributed by atoms with Gasteiger partial charge in [-0.15, -0.1) is 0 Å². The smallest absolute Gasteiger partial charge is 0.326 e. The van der Waals surface area contributed by atoms with Crippen LogP contribution in [0.15, 0.2) is 0 Å².